The third kappa shape index (κ3) is 14.3. The lowest BCUT2D eigenvalue weighted by molar-refractivity contribution is 0.657. The molecule has 9 heterocycles. The van der Waals surface area contributed by atoms with Gasteiger partial charge in [-0.1, -0.05) is 381 Å². The van der Waals surface area contributed by atoms with Gasteiger partial charge in [0.2, 0.25) is 0 Å². The lowest BCUT2D eigenvalue weighted by Gasteiger charge is -2.24. The van der Waals surface area contributed by atoms with Gasteiger partial charge in [-0.3, -0.25) is 15.0 Å². The van der Waals surface area contributed by atoms with Crippen LogP contribution in [0.25, 0.3) is 229 Å². The minimum absolute atomic E-state index is 0.230. The van der Waals surface area contributed by atoms with E-state index in [1.807, 2.05) is 95.2 Å². The van der Waals surface area contributed by atoms with Crippen LogP contribution in [-0.2, 0) is 16.2 Å². The number of nitrogens with zero attached hydrogens (tertiary/aromatic N) is 9. The summed E-state index contributed by atoms with van der Waals surface area (Å²) in [5.74, 6) is 2.20. The highest BCUT2D eigenvalue weighted by Crippen LogP contribution is 2.57. The van der Waals surface area contributed by atoms with E-state index in [4.69, 9.17) is 29.9 Å². The second kappa shape index (κ2) is 33.6. The molecular formula is C126H87N9S3. The Morgan fingerprint density at radius 2 is 0.478 bits per heavy atom. The summed E-state index contributed by atoms with van der Waals surface area (Å²) >= 11 is 5.60. The molecule has 3 aliphatic rings. The average Bonchev–Trinajstić information content (AvgIpc) is 1.57. The van der Waals surface area contributed by atoms with Gasteiger partial charge in [0.25, 0.3) is 0 Å². The molecule has 15 aromatic carbocycles. The molecule has 3 aliphatic carbocycles. The van der Waals surface area contributed by atoms with Crippen LogP contribution in [0.2, 0.25) is 0 Å². The lowest BCUT2D eigenvalue weighted by atomic mass is 9.80. The second-order valence-corrected chi connectivity index (χ2v) is 40.5. The third-order valence-electron chi connectivity index (χ3n) is 28.2. The van der Waals surface area contributed by atoms with E-state index in [0.29, 0.717) is 0 Å². The van der Waals surface area contributed by atoms with Crippen molar-refractivity contribution in [3.63, 3.8) is 0 Å². The molecule has 0 bridgehead atoms. The minimum atomic E-state index is -0.232. The van der Waals surface area contributed by atoms with Gasteiger partial charge in [-0.2, -0.15) is 0 Å². The Labute approximate surface area is 812 Å². The molecule has 138 heavy (non-hydrogen) atoms. The number of thiophene rings is 3. The van der Waals surface area contributed by atoms with Crippen molar-refractivity contribution in [3.05, 3.63) is 453 Å². The Hall–Kier alpha value is -16.4. The van der Waals surface area contributed by atoms with Gasteiger partial charge in [-0.25, -0.2) is 29.9 Å². The van der Waals surface area contributed by atoms with Gasteiger partial charge in [-0.05, 0) is 121 Å². The molecule has 9 aromatic heterocycles. The first-order valence-corrected chi connectivity index (χ1v) is 49.3. The zero-order valence-corrected chi connectivity index (χ0v) is 79.0. The van der Waals surface area contributed by atoms with Crippen molar-refractivity contribution in [2.45, 2.75) is 57.8 Å². The SMILES string of the molecule is CC1(C)c2ccccc2-c2nc(-c3ccc(-c4ccccn4)cc3)nc(-c3ccc(-c4cccc5c4sc4ccccc45)cc3)c21.CC1(C)c2ccccc2-c2nc(-c3ccc(-c4cccnc4)cc3)nc(-c3ccc(-c4cccc5c4sc4ccccc45)cc3)c21.CC1(C)c2ccccc2-c2nc(-c3ccc(-c4ccncc4)cc3)nc(-c3ccc(-c4cccc5c4sc4ccccc45)cc3)c21. The van der Waals surface area contributed by atoms with Crippen molar-refractivity contribution >= 4 is 94.5 Å². The van der Waals surface area contributed by atoms with Crippen LogP contribution in [0.15, 0.2) is 419 Å². The normalized spacial score (nSPS) is 13.2. The number of hydrogen-bond donors (Lipinski definition) is 0. The molecule has 0 aliphatic heterocycles. The van der Waals surface area contributed by atoms with Gasteiger partial charge in [0.1, 0.15) is 0 Å². The quantitative estimate of drug-likeness (QED) is 0.118. The minimum Gasteiger partial charge on any atom is -0.265 e. The van der Waals surface area contributed by atoms with Crippen molar-refractivity contribution in [2.24, 2.45) is 0 Å². The number of rotatable bonds is 12. The van der Waals surface area contributed by atoms with Gasteiger partial charge in [0.15, 0.2) is 17.5 Å². The van der Waals surface area contributed by atoms with Gasteiger partial charge in [0, 0.05) is 180 Å². The maximum absolute atomic E-state index is 5.33. The summed E-state index contributed by atoms with van der Waals surface area (Å²) in [7, 11) is 0. The second-order valence-electron chi connectivity index (χ2n) is 37.4. The fraction of sp³-hybridized carbons (Fsp3) is 0.0714. The van der Waals surface area contributed by atoms with E-state index in [0.717, 1.165) is 119 Å². The Bertz CT molecular complexity index is 8090. The fourth-order valence-corrected chi connectivity index (χ4v) is 25.0. The number of pyridine rings is 3. The summed E-state index contributed by atoms with van der Waals surface area (Å²) in [5, 5.41) is 7.90. The van der Waals surface area contributed by atoms with E-state index >= 15 is 0 Å². The summed E-state index contributed by atoms with van der Waals surface area (Å²) in [5.41, 5.74) is 36.5. The van der Waals surface area contributed by atoms with Crippen molar-refractivity contribution in [3.8, 4) is 169 Å². The highest BCUT2D eigenvalue weighted by atomic mass is 32.1. The molecule has 12 heteroatoms. The summed E-state index contributed by atoms with van der Waals surface area (Å²) in [4.78, 5) is 44.7. The number of aromatic nitrogens is 9. The van der Waals surface area contributed by atoms with E-state index in [1.54, 1.807) is 6.20 Å². The Morgan fingerprint density at radius 1 is 0.188 bits per heavy atom. The number of hydrogen-bond acceptors (Lipinski definition) is 12. The molecule has 0 unspecified atom stereocenters. The first-order chi connectivity index (χ1) is 67.7. The van der Waals surface area contributed by atoms with Crippen molar-refractivity contribution in [2.75, 3.05) is 0 Å². The Balaban J connectivity index is 0.000000110. The molecule has 0 radical (unpaired) electrons. The lowest BCUT2D eigenvalue weighted by Crippen LogP contribution is -2.17. The highest BCUT2D eigenvalue weighted by Gasteiger charge is 2.44. The number of benzene rings is 15. The molecule has 0 saturated carbocycles. The van der Waals surface area contributed by atoms with E-state index in [-0.39, 0.29) is 16.2 Å². The zero-order chi connectivity index (χ0) is 92.5. The standard InChI is InChI=1S/3C42H29N3S/c1-42(2)35-14-5-3-11-34(35)39-37(42)38(44-41(45-39)29-22-16-26(17-23-29)30-9-8-24-43-25-30)28-20-18-27(19-21-28)31-12-7-13-33-32-10-4-6-15-36(32)46-40(31)33;1-42(2)34-14-5-3-11-33(34)39-37(42)38(44-41(45-39)29-23-19-27(20-24-29)35-15-7-8-25-43-35)28-21-17-26(18-22-28)30-12-9-13-32-31-10-4-6-16-36(31)46-40(30)32;1-42(2)35-12-5-3-9-34(35)39-37(42)38(44-41(45-39)30-20-14-26(15-21-30)27-22-24-43-25-23-27)29-18-16-28(17-19-29)31-10-7-11-33-32-8-4-6-13-36(32)46-40(31)33/h3*3-25H,1-2H3. The third-order valence-corrected chi connectivity index (χ3v) is 31.8. The molecule has 0 amide bonds. The molecule has 0 saturated heterocycles. The van der Waals surface area contributed by atoms with Crippen LogP contribution in [0.5, 0.6) is 0 Å². The smallest absolute Gasteiger partial charge is 0.160 e. The van der Waals surface area contributed by atoms with Gasteiger partial charge in [0.05, 0.1) is 39.9 Å². The Morgan fingerprint density at radius 3 is 0.833 bits per heavy atom. The summed E-state index contributed by atoms with van der Waals surface area (Å²) in [6.45, 7) is 13.8. The van der Waals surface area contributed by atoms with Crippen LogP contribution < -0.4 is 0 Å². The zero-order valence-electron chi connectivity index (χ0n) is 76.6. The maximum atomic E-state index is 5.33. The van der Waals surface area contributed by atoms with Gasteiger partial charge in [-0.15, -0.1) is 34.0 Å². The molecular weight excluding hydrogens is 1740 g/mol. The molecule has 27 rings (SSSR count). The predicted octanol–water partition coefficient (Wildman–Crippen LogP) is 33.6. The highest BCUT2D eigenvalue weighted by molar-refractivity contribution is 7.27. The average molecular weight is 1820 g/mol. The summed E-state index contributed by atoms with van der Waals surface area (Å²) in [6.07, 6.45) is 9.17. The van der Waals surface area contributed by atoms with Crippen molar-refractivity contribution < 1.29 is 0 Å². The van der Waals surface area contributed by atoms with Crippen LogP contribution in [-0.4, -0.2) is 44.9 Å². The van der Waals surface area contributed by atoms with Gasteiger partial charge >= 0.3 is 0 Å². The van der Waals surface area contributed by atoms with E-state index in [1.165, 1.54) is 144 Å². The largest absolute Gasteiger partial charge is 0.265 e. The number of fused-ring (bicyclic) bond motifs is 18. The van der Waals surface area contributed by atoms with Crippen LogP contribution in [0.4, 0.5) is 0 Å². The summed E-state index contributed by atoms with van der Waals surface area (Å²) < 4.78 is 7.94. The van der Waals surface area contributed by atoms with Crippen LogP contribution in [0, 0.1) is 0 Å². The molecule has 9 nitrogen and oxygen atoms in total. The molecule has 654 valence electrons. The maximum Gasteiger partial charge on any atom is 0.160 e. The Kier molecular flexibility index (Phi) is 20.3. The van der Waals surface area contributed by atoms with Crippen LogP contribution in [0.1, 0.15) is 74.9 Å². The first-order valence-electron chi connectivity index (χ1n) is 46.8. The van der Waals surface area contributed by atoms with E-state index in [9.17, 15) is 0 Å². The topological polar surface area (TPSA) is 116 Å². The monoisotopic (exact) mass is 1820 g/mol. The molecule has 0 atom stereocenters. The molecule has 24 aromatic rings. The molecule has 0 fully saturated rings. The first kappa shape index (κ1) is 83.5. The predicted molar refractivity (Wildman–Crippen MR) is 576 cm³/mol. The molecule has 0 spiro atoms. The van der Waals surface area contributed by atoms with Crippen LogP contribution >= 0.6 is 34.0 Å². The van der Waals surface area contributed by atoms with Gasteiger partial charge < -0.3 is 0 Å². The van der Waals surface area contributed by atoms with E-state index in [2.05, 4.69) is 408 Å². The van der Waals surface area contributed by atoms with E-state index < -0.39 is 0 Å². The fourth-order valence-electron chi connectivity index (χ4n) is 21.2. The summed E-state index contributed by atoms with van der Waals surface area (Å²) in [6, 6.07) is 138. The van der Waals surface area contributed by atoms with Crippen molar-refractivity contribution in [1.29, 1.82) is 0 Å². The molecule has 0 N–H and O–H groups in total. The van der Waals surface area contributed by atoms with Crippen LogP contribution in [0.3, 0.4) is 0 Å². The van der Waals surface area contributed by atoms with Crippen molar-refractivity contribution in [1.82, 2.24) is 44.9 Å².